The van der Waals surface area contributed by atoms with E-state index >= 15 is 0 Å². The molecular weight excluding hydrogens is 294 g/mol. The Labute approximate surface area is 105 Å². The van der Waals surface area contributed by atoms with Crippen LogP contribution in [0.3, 0.4) is 0 Å². The number of benzene rings is 1. The molecule has 1 atom stereocenters. The van der Waals surface area contributed by atoms with Crippen molar-refractivity contribution < 1.29 is 4.21 Å². The molecule has 0 heterocycles. The Kier molecular flexibility index (Phi) is 4.89. The molecule has 2 nitrogen and oxygen atoms in total. The van der Waals surface area contributed by atoms with E-state index in [9.17, 15) is 4.21 Å². The smallest absolute Gasteiger partial charge is 0.0946 e. The van der Waals surface area contributed by atoms with Crippen molar-refractivity contribution in [2.75, 3.05) is 12.5 Å². The van der Waals surface area contributed by atoms with Crippen molar-refractivity contribution in [3.63, 3.8) is 0 Å². The molecule has 1 rings (SSSR count). The first-order valence-corrected chi connectivity index (χ1v) is 7.77. The van der Waals surface area contributed by atoms with Gasteiger partial charge in [0.15, 0.2) is 0 Å². The molecule has 0 spiro atoms. The maximum absolute atomic E-state index is 11.4. The van der Waals surface area contributed by atoms with Gasteiger partial charge in [0.2, 0.25) is 0 Å². The van der Waals surface area contributed by atoms with Gasteiger partial charge >= 0.3 is 0 Å². The second-order valence-electron chi connectivity index (χ2n) is 2.84. The normalized spacial score (nSPS) is 14.6. The van der Waals surface area contributed by atoms with Gasteiger partial charge in [-0.2, -0.15) is 0 Å². The van der Waals surface area contributed by atoms with Crippen molar-refractivity contribution in [3.8, 4) is 0 Å². The van der Waals surface area contributed by atoms with Crippen LogP contribution in [-0.2, 0) is 10.8 Å². The molecule has 5 heteroatoms. The van der Waals surface area contributed by atoms with E-state index in [1.165, 1.54) is 11.8 Å². The predicted octanol–water partition coefficient (Wildman–Crippen LogP) is 2.78. The van der Waals surface area contributed by atoms with E-state index < -0.39 is 10.8 Å². The Morgan fingerprint density at radius 1 is 1.47 bits per heavy atom. The first-order chi connectivity index (χ1) is 7.07. The van der Waals surface area contributed by atoms with Crippen LogP contribution in [0.2, 0.25) is 0 Å². The highest BCUT2D eigenvalue weighted by Crippen LogP contribution is 2.28. The Hall–Kier alpha value is -0.260. The van der Waals surface area contributed by atoms with Crippen LogP contribution in [0.4, 0.5) is 0 Å². The molecule has 0 saturated carbocycles. The van der Waals surface area contributed by atoms with Crippen LogP contribution in [0, 0.1) is 0 Å². The lowest BCUT2D eigenvalue weighted by Crippen LogP contribution is -2.03. The fraction of sp³-hybridized carbons (Fsp3) is 0.200. The summed E-state index contributed by atoms with van der Waals surface area (Å²) in [5.74, 6) is 0. The highest BCUT2D eigenvalue weighted by atomic mass is 79.9. The molecule has 0 aliphatic rings. The van der Waals surface area contributed by atoms with Gasteiger partial charge in [0.25, 0.3) is 0 Å². The predicted molar refractivity (Wildman–Crippen MR) is 72.8 cm³/mol. The van der Waals surface area contributed by atoms with Gasteiger partial charge < -0.3 is 5.73 Å². The summed E-state index contributed by atoms with van der Waals surface area (Å²) in [4.78, 5) is 0. The van der Waals surface area contributed by atoms with Gasteiger partial charge in [-0.25, -0.2) is 0 Å². The van der Waals surface area contributed by atoms with Crippen LogP contribution in [0.1, 0.15) is 5.56 Å². The van der Waals surface area contributed by atoms with Gasteiger partial charge in [-0.1, -0.05) is 34.1 Å². The van der Waals surface area contributed by atoms with Crippen LogP contribution < -0.4 is 5.73 Å². The Bertz CT molecular complexity index is 418. The van der Waals surface area contributed by atoms with E-state index in [1.807, 2.05) is 30.5 Å². The van der Waals surface area contributed by atoms with E-state index in [4.69, 9.17) is 5.73 Å². The van der Waals surface area contributed by atoms with E-state index in [1.54, 1.807) is 6.26 Å². The molecule has 1 unspecified atom stereocenters. The molecule has 0 amide bonds. The molecule has 0 bridgehead atoms. The highest BCUT2D eigenvalue weighted by molar-refractivity contribution is 9.10. The molecule has 0 aliphatic heterocycles. The van der Waals surface area contributed by atoms with E-state index in [0.717, 1.165) is 10.0 Å². The van der Waals surface area contributed by atoms with Gasteiger partial charge in [-0.3, -0.25) is 4.21 Å². The lowest BCUT2D eigenvalue weighted by molar-refractivity contribution is 0.691. The van der Waals surface area contributed by atoms with Crippen LogP contribution >= 0.6 is 27.7 Å². The van der Waals surface area contributed by atoms with E-state index in [2.05, 4.69) is 15.9 Å². The van der Waals surface area contributed by atoms with Crippen LogP contribution in [0.5, 0.6) is 0 Å². The fourth-order valence-corrected chi connectivity index (χ4v) is 3.36. The maximum Gasteiger partial charge on any atom is 0.0946 e. The van der Waals surface area contributed by atoms with Gasteiger partial charge in [0, 0.05) is 16.3 Å². The Morgan fingerprint density at radius 2 is 2.07 bits per heavy atom. The average Bonchev–Trinajstić information content (AvgIpc) is 2.18. The summed E-state index contributed by atoms with van der Waals surface area (Å²) in [6.45, 7) is 0. The summed E-state index contributed by atoms with van der Waals surface area (Å²) in [7, 11) is -1.05. The van der Waals surface area contributed by atoms with E-state index in [0.29, 0.717) is 9.93 Å². The number of rotatable bonds is 3. The van der Waals surface area contributed by atoms with Crippen molar-refractivity contribution in [1.29, 1.82) is 0 Å². The Morgan fingerprint density at radius 3 is 2.53 bits per heavy atom. The highest BCUT2D eigenvalue weighted by Gasteiger charge is 2.10. The second-order valence-corrected chi connectivity index (χ2v) is 6.08. The average molecular weight is 306 g/mol. The molecule has 0 aromatic heterocycles. The van der Waals surface area contributed by atoms with Crippen LogP contribution in [0.15, 0.2) is 33.0 Å². The number of hydrogen-bond acceptors (Lipinski definition) is 3. The summed E-state index contributed by atoms with van der Waals surface area (Å²) >= 11 is 4.84. The zero-order chi connectivity index (χ0) is 11.4. The minimum Gasteiger partial charge on any atom is -0.397 e. The summed E-state index contributed by atoms with van der Waals surface area (Å²) in [5.41, 5.74) is 7.45. The van der Waals surface area contributed by atoms with Crippen molar-refractivity contribution in [2.45, 2.75) is 0 Å². The summed E-state index contributed by atoms with van der Waals surface area (Å²) in [5, 5.41) is 0. The van der Waals surface area contributed by atoms with Gasteiger partial charge in [0.05, 0.1) is 20.7 Å². The molecule has 0 aliphatic carbocycles. The molecular formula is C10H12BrNOS2. The molecule has 15 heavy (non-hydrogen) atoms. The first kappa shape index (κ1) is 12.8. The lowest BCUT2D eigenvalue weighted by Gasteiger charge is -2.08. The third-order valence-corrected chi connectivity index (χ3v) is 5.06. The minimum absolute atomic E-state index is 0.579. The topological polar surface area (TPSA) is 43.1 Å². The second kappa shape index (κ2) is 5.72. The quantitative estimate of drug-likeness (QED) is 0.934. The monoisotopic (exact) mass is 305 g/mol. The molecule has 1 aromatic carbocycles. The molecule has 82 valence electrons. The fourth-order valence-electron chi connectivity index (χ4n) is 1.17. The molecule has 0 radical (unpaired) electrons. The molecule has 0 fully saturated rings. The third kappa shape index (κ3) is 3.09. The van der Waals surface area contributed by atoms with E-state index in [-0.39, 0.29) is 0 Å². The van der Waals surface area contributed by atoms with Crippen molar-refractivity contribution in [3.05, 3.63) is 38.5 Å². The number of hydrogen-bond donors (Lipinski definition) is 1. The standard InChI is InChI=1S/C10H12BrNOS2/c1-14-10(15(2)13)9(12)7-5-3-4-6-8(7)11/h3-6H,12H2,1-2H3/b10-9-. The van der Waals surface area contributed by atoms with Crippen molar-refractivity contribution >= 4 is 44.2 Å². The number of halogens is 1. The summed E-state index contributed by atoms with van der Waals surface area (Å²) in [6.07, 6.45) is 3.51. The zero-order valence-electron chi connectivity index (χ0n) is 8.49. The van der Waals surface area contributed by atoms with Crippen LogP contribution in [-0.4, -0.2) is 16.7 Å². The van der Waals surface area contributed by atoms with Crippen LogP contribution in [0.25, 0.3) is 5.70 Å². The maximum atomic E-state index is 11.4. The zero-order valence-corrected chi connectivity index (χ0v) is 11.7. The van der Waals surface area contributed by atoms with Gasteiger partial charge in [0.1, 0.15) is 0 Å². The van der Waals surface area contributed by atoms with Crippen molar-refractivity contribution in [2.24, 2.45) is 5.73 Å². The molecule has 1 aromatic rings. The molecule has 2 N–H and O–H groups in total. The summed E-state index contributed by atoms with van der Waals surface area (Å²) in [6, 6.07) is 7.65. The van der Waals surface area contributed by atoms with Crippen molar-refractivity contribution in [1.82, 2.24) is 0 Å². The lowest BCUT2D eigenvalue weighted by atomic mass is 10.2. The number of nitrogens with two attached hydrogens (primary N) is 1. The van der Waals surface area contributed by atoms with Gasteiger partial charge in [-0.15, -0.1) is 11.8 Å². The SMILES string of the molecule is CS/C(=C(/N)c1ccccc1Br)S(C)=O. The summed E-state index contributed by atoms with van der Waals surface area (Å²) < 4.78 is 13.1. The Balaban J connectivity index is 3.28. The van der Waals surface area contributed by atoms with Gasteiger partial charge in [-0.05, 0) is 12.3 Å². The molecule has 0 saturated heterocycles. The third-order valence-electron chi connectivity index (χ3n) is 1.83. The largest absolute Gasteiger partial charge is 0.397 e. The minimum atomic E-state index is -1.05. The number of thioether (sulfide) groups is 1. The first-order valence-electron chi connectivity index (χ1n) is 4.20.